The standard InChI is InChI=1S/C14H20BrN5O2/c15-11-9-20(7-3-5-16)13-10(11)8-18-14(19-13)17-6-2-1-4-12(21)22/h8-9H,1-7,16H2,(H,21,22)(H,17,18,19). The molecule has 2 aromatic rings. The Hall–Kier alpha value is -1.67. The number of unbranched alkanes of at least 4 members (excludes halogenated alkanes) is 1. The van der Waals surface area contributed by atoms with E-state index < -0.39 is 5.97 Å². The van der Waals surface area contributed by atoms with Crippen LogP contribution in [-0.4, -0.2) is 38.7 Å². The Bertz CT molecular complexity index is 643. The molecule has 0 unspecified atom stereocenters. The number of aromatic nitrogens is 3. The smallest absolute Gasteiger partial charge is 0.303 e. The van der Waals surface area contributed by atoms with Crippen LogP contribution in [0.25, 0.3) is 11.0 Å². The predicted octanol–water partition coefficient (Wildman–Crippen LogP) is 2.21. The van der Waals surface area contributed by atoms with Gasteiger partial charge in [0.05, 0.1) is 5.39 Å². The highest BCUT2D eigenvalue weighted by Gasteiger charge is 2.09. The first-order chi connectivity index (χ1) is 10.6. The molecule has 22 heavy (non-hydrogen) atoms. The number of carboxylic acid groups (broad SMARTS) is 1. The minimum absolute atomic E-state index is 0.191. The lowest BCUT2D eigenvalue weighted by molar-refractivity contribution is -0.137. The van der Waals surface area contributed by atoms with E-state index in [0.29, 0.717) is 25.5 Å². The molecule has 7 nitrogen and oxygen atoms in total. The number of hydrogen-bond donors (Lipinski definition) is 3. The van der Waals surface area contributed by atoms with Gasteiger partial charge in [0, 0.05) is 36.4 Å². The SMILES string of the molecule is NCCCn1cc(Br)c2cnc(NCCCCC(=O)O)nc21. The zero-order valence-corrected chi connectivity index (χ0v) is 13.8. The second-order valence-corrected chi connectivity index (χ2v) is 5.88. The molecule has 0 atom stereocenters. The Kier molecular flexibility index (Phi) is 6.14. The number of nitrogens with one attached hydrogen (secondary N) is 1. The molecule has 4 N–H and O–H groups in total. The summed E-state index contributed by atoms with van der Waals surface area (Å²) in [6.45, 7) is 2.11. The van der Waals surface area contributed by atoms with Crippen LogP contribution in [0.4, 0.5) is 5.95 Å². The van der Waals surface area contributed by atoms with Crippen molar-refractivity contribution in [1.82, 2.24) is 14.5 Å². The topological polar surface area (TPSA) is 106 Å². The van der Waals surface area contributed by atoms with Gasteiger partial charge in [0.25, 0.3) is 0 Å². The van der Waals surface area contributed by atoms with Crippen LogP contribution in [0.1, 0.15) is 25.7 Å². The van der Waals surface area contributed by atoms with E-state index >= 15 is 0 Å². The van der Waals surface area contributed by atoms with Crippen molar-refractivity contribution in [3.05, 3.63) is 16.9 Å². The van der Waals surface area contributed by atoms with Crippen LogP contribution in [0.2, 0.25) is 0 Å². The summed E-state index contributed by atoms with van der Waals surface area (Å²) in [6, 6.07) is 0. The summed E-state index contributed by atoms with van der Waals surface area (Å²) in [6.07, 6.45) is 6.26. The number of aryl methyl sites for hydroxylation is 1. The van der Waals surface area contributed by atoms with Crippen molar-refractivity contribution < 1.29 is 9.90 Å². The van der Waals surface area contributed by atoms with Gasteiger partial charge >= 0.3 is 5.97 Å². The lowest BCUT2D eigenvalue weighted by Gasteiger charge is -2.06. The van der Waals surface area contributed by atoms with E-state index in [2.05, 4.69) is 35.8 Å². The van der Waals surface area contributed by atoms with E-state index in [0.717, 1.165) is 34.9 Å². The first-order valence-corrected chi connectivity index (χ1v) is 8.08. The fraction of sp³-hybridized carbons (Fsp3) is 0.500. The lowest BCUT2D eigenvalue weighted by Crippen LogP contribution is -2.08. The minimum Gasteiger partial charge on any atom is -0.481 e. The molecular weight excluding hydrogens is 350 g/mol. The maximum Gasteiger partial charge on any atom is 0.303 e. The Morgan fingerprint density at radius 1 is 1.41 bits per heavy atom. The molecule has 0 aliphatic rings. The molecule has 0 spiro atoms. The van der Waals surface area contributed by atoms with Crippen LogP contribution < -0.4 is 11.1 Å². The highest BCUT2D eigenvalue weighted by molar-refractivity contribution is 9.10. The Morgan fingerprint density at radius 2 is 2.23 bits per heavy atom. The Morgan fingerprint density at radius 3 is 2.95 bits per heavy atom. The molecule has 0 aliphatic heterocycles. The van der Waals surface area contributed by atoms with Gasteiger partial charge in [0.1, 0.15) is 5.65 Å². The van der Waals surface area contributed by atoms with Crippen molar-refractivity contribution >= 4 is 38.9 Å². The van der Waals surface area contributed by atoms with Gasteiger partial charge in [-0.1, -0.05) is 0 Å². The summed E-state index contributed by atoms with van der Waals surface area (Å²) in [5, 5.41) is 12.7. The number of fused-ring (bicyclic) bond motifs is 1. The number of halogens is 1. The van der Waals surface area contributed by atoms with Crippen molar-refractivity contribution in [3.8, 4) is 0 Å². The normalized spacial score (nSPS) is 11.0. The zero-order chi connectivity index (χ0) is 15.9. The average Bonchev–Trinajstić information content (AvgIpc) is 2.80. The summed E-state index contributed by atoms with van der Waals surface area (Å²) in [5.41, 5.74) is 6.42. The fourth-order valence-electron chi connectivity index (χ4n) is 2.15. The van der Waals surface area contributed by atoms with Gasteiger partial charge < -0.3 is 20.7 Å². The van der Waals surface area contributed by atoms with E-state index in [1.54, 1.807) is 6.20 Å². The maximum absolute atomic E-state index is 10.4. The molecule has 0 fully saturated rings. The molecule has 0 saturated carbocycles. The molecule has 0 radical (unpaired) electrons. The first-order valence-electron chi connectivity index (χ1n) is 7.29. The van der Waals surface area contributed by atoms with Gasteiger partial charge in [0.2, 0.25) is 5.95 Å². The van der Waals surface area contributed by atoms with E-state index in [-0.39, 0.29) is 6.42 Å². The van der Waals surface area contributed by atoms with Crippen molar-refractivity contribution in [2.75, 3.05) is 18.4 Å². The third-order valence-electron chi connectivity index (χ3n) is 3.27. The number of hydrogen-bond acceptors (Lipinski definition) is 5. The minimum atomic E-state index is -0.764. The number of nitrogens with two attached hydrogens (primary N) is 1. The maximum atomic E-state index is 10.4. The highest BCUT2D eigenvalue weighted by Crippen LogP contribution is 2.25. The van der Waals surface area contributed by atoms with Crippen LogP contribution in [0, 0.1) is 0 Å². The van der Waals surface area contributed by atoms with Gasteiger partial charge in [-0.3, -0.25) is 4.79 Å². The second kappa shape index (κ2) is 8.09. The summed E-state index contributed by atoms with van der Waals surface area (Å²) in [4.78, 5) is 19.3. The number of aliphatic carboxylic acids is 1. The zero-order valence-electron chi connectivity index (χ0n) is 12.3. The van der Waals surface area contributed by atoms with Crippen LogP contribution >= 0.6 is 15.9 Å². The van der Waals surface area contributed by atoms with Gasteiger partial charge in [-0.15, -0.1) is 0 Å². The summed E-state index contributed by atoms with van der Waals surface area (Å²) in [7, 11) is 0. The van der Waals surface area contributed by atoms with E-state index in [4.69, 9.17) is 10.8 Å². The van der Waals surface area contributed by atoms with Crippen LogP contribution in [0.15, 0.2) is 16.9 Å². The predicted molar refractivity (Wildman–Crippen MR) is 88.9 cm³/mol. The highest BCUT2D eigenvalue weighted by atomic mass is 79.9. The van der Waals surface area contributed by atoms with Crippen LogP contribution in [0.5, 0.6) is 0 Å². The third kappa shape index (κ3) is 4.41. The van der Waals surface area contributed by atoms with Gasteiger partial charge in [-0.25, -0.2) is 4.98 Å². The monoisotopic (exact) mass is 369 g/mol. The fourth-order valence-corrected chi connectivity index (χ4v) is 2.67. The lowest BCUT2D eigenvalue weighted by atomic mass is 10.2. The molecule has 0 saturated heterocycles. The quantitative estimate of drug-likeness (QED) is 0.585. The van der Waals surface area contributed by atoms with Gasteiger partial charge in [0.15, 0.2) is 0 Å². The summed E-state index contributed by atoms with van der Waals surface area (Å²) in [5.74, 6) is -0.206. The number of anilines is 1. The Labute approximate surface area is 137 Å². The van der Waals surface area contributed by atoms with E-state index in [9.17, 15) is 4.79 Å². The van der Waals surface area contributed by atoms with Crippen molar-refractivity contribution in [3.63, 3.8) is 0 Å². The van der Waals surface area contributed by atoms with Crippen molar-refractivity contribution in [1.29, 1.82) is 0 Å². The average molecular weight is 370 g/mol. The van der Waals surface area contributed by atoms with Crippen LogP contribution in [0.3, 0.4) is 0 Å². The third-order valence-corrected chi connectivity index (χ3v) is 3.90. The molecule has 0 amide bonds. The molecule has 0 aliphatic carbocycles. The first kappa shape index (κ1) is 16.7. The number of rotatable bonds is 9. The molecular formula is C14H20BrN5O2. The number of nitrogens with zero attached hydrogens (tertiary/aromatic N) is 3. The van der Waals surface area contributed by atoms with E-state index in [1.807, 2.05) is 6.20 Å². The Balaban J connectivity index is 2.00. The van der Waals surface area contributed by atoms with Crippen LogP contribution in [-0.2, 0) is 11.3 Å². The van der Waals surface area contributed by atoms with Gasteiger partial charge in [-0.2, -0.15) is 4.98 Å². The molecule has 2 aromatic heterocycles. The molecule has 0 aromatic carbocycles. The molecule has 2 heterocycles. The largest absolute Gasteiger partial charge is 0.481 e. The second-order valence-electron chi connectivity index (χ2n) is 5.02. The molecule has 0 bridgehead atoms. The number of carboxylic acids is 1. The van der Waals surface area contributed by atoms with Crippen molar-refractivity contribution in [2.45, 2.75) is 32.2 Å². The van der Waals surface area contributed by atoms with E-state index in [1.165, 1.54) is 0 Å². The molecule has 2 rings (SSSR count). The number of carbonyl (C=O) groups is 1. The molecule has 8 heteroatoms. The summed E-state index contributed by atoms with van der Waals surface area (Å²) >= 11 is 3.51. The summed E-state index contributed by atoms with van der Waals surface area (Å²) < 4.78 is 3.02. The molecule has 120 valence electrons. The van der Waals surface area contributed by atoms with Crippen molar-refractivity contribution in [2.24, 2.45) is 5.73 Å². The van der Waals surface area contributed by atoms with Gasteiger partial charge in [-0.05, 0) is 41.7 Å².